The van der Waals surface area contributed by atoms with Gasteiger partial charge in [0, 0.05) is 5.38 Å². The van der Waals surface area contributed by atoms with E-state index in [1.54, 1.807) is 0 Å². The molecule has 2 atom stereocenters. The van der Waals surface area contributed by atoms with Crippen molar-refractivity contribution in [2.24, 2.45) is 11.3 Å². The maximum atomic E-state index is 6.21. The predicted octanol–water partition coefficient (Wildman–Crippen LogP) is 3.42. The highest BCUT2D eigenvalue weighted by molar-refractivity contribution is 6.20. The van der Waals surface area contributed by atoms with Gasteiger partial charge in [-0.05, 0) is 43.7 Å². The first kappa shape index (κ1) is 12.3. The van der Waals surface area contributed by atoms with Crippen molar-refractivity contribution in [3.63, 3.8) is 0 Å². The largest absolute Gasteiger partial charge is 0.316 e. The van der Waals surface area contributed by atoms with Crippen molar-refractivity contribution in [1.29, 1.82) is 0 Å². The Morgan fingerprint density at radius 3 is 2.50 bits per heavy atom. The maximum absolute atomic E-state index is 6.21. The van der Waals surface area contributed by atoms with Gasteiger partial charge in [0.2, 0.25) is 0 Å². The topological polar surface area (TPSA) is 12.0 Å². The van der Waals surface area contributed by atoms with Crippen molar-refractivity contribution in [2.45, 2.75) is 51.8 Å². The van der Waals surface area contributed by atoms with E-state index in [1.165, 1.54) is 25.7 Å². The molecule has 0 aliphatic heterocycles. The van der Waals surface area contributed by atoms with E-state index in [0.29, 0.717) is 10.8 Å². The SMILES string of the molecule is CC(C)(C)CCNCC1CCCC1Cl. The molecule has 0 amide bonds. The lowest BCUT2D eigenvalue weighted by atomic mass is 9.92. The molecule has 2 heteroatoms. The number of hydrogen-bond acceptors (Lipinski definition) is 1. The molecule has 0 aromatic heterocycles. The molecule has 0 aromatic carbocycles. The number of hydrogen-bond donors (Lipinski definition) is 1. The highest BCUT2D eigenvalue weighted by Gasteiger charge is 2.24. The molecule has 2 unspecified atom stereocenters. The Morgan fingerprint density at radius 2 is 2.00 bits per heavy atom. The summed E-state index contributed by atoms with van der Waals surface area (Å²) in [6.45, 7) is 9.10. The zero-order valence-electron chi connectivity index (χ0n) is 9.78. The van der Waals surface area contributed by atoms with Crippen molar-refractivity contribution in [3.05, 3.63) is 0 Å². The fraction of sp³-hybridized carbons (Fsp3) is 1.00. The van der Waals surface area contributed by atoms with Crippen LogP contribution in [-0.4, -0.2) is 18.5 Å². The van der Waals surface area contributed by atoms with Crippen LogP contribution in [0.25, 0.3) is 0 Å². The second kappa shape index (κ2) is 5.37. The van der Waals surface area contributed by atoms with Gasteiger partial charge < -0.3 is 5.32 Å². The van der Waals surface area contributed by atoms with E-state index in [-0.39, 0.29) is 0 Å². The first-order valence-corrected chi connectivity index (χ1v) is 6.27. The van der Waals surface area contributed by atoms with Crippen LogP contribution in [0.2, 0.25) is 0 Å². The molecule has 1 rings (SSSR count). The normalized spacial score (nSPS) is 28.3. The van der Waals surface area contributed by atoms with Gasteiger partial charge in [-0.3, -0.25) is 0 Å². The van der Waals surface area contributed by atoms with Crippen LogP contribution < -0.4 is 5.32 Å². The lowest BCUT2D eigenvalue weighted by molar-refractivity contribution is 0.358. The number of rotatable bonds is 4. The van der Waals surface area contributed by atoms with E-state index < -0.39 is 0 Å². The highest BCUT2D eigenvalue weighted by Crippen LogP contribution is 2.29. The fourth-order valence-corrected chi connectivity index (χ4v) is 2.34. The second-order valence-electron chi connectivity index (χ2n) is 5.72. The van der Waals surface area contributed by atoms with Gasteiger partial charge >= 0.3 is 0 Å². The average Bonchev–Trinajstić information content (AvgIpc) is 2.44. The summed E-state index contributed by atoms with van der Waals surface area (Å²) in [6.07, 6.45) is 5.09. The van der Waals surface area contributed by atoms with E-state index in [4.69, 9.17) is 11.6 Å². The van der Waals surface area contributed by atoms with Crippen LogP contribution in [0.15, 0.2) is 0 Å². The number of halogens is 1. The van der Waals surface area contributed by atoms with Crippen molar-refractivity contribution >= 4 is 11.6 Å². The van der Waals surface area contributed by atoms with Gasteiger partial charge in [0.15, 0.2) is 0 Å². The first-order chi connectivity index (χ1) is 6.49. The van der Waals surface area contributed by atoms with Crippen LogP contribution in [-0.2, 0) is 0 Å². The minimum Gasteiger partial charge on any atom is -0.316 e. The van der Waals surface area contributed by atoms with Gasteiger partial charge in [-0.25, -0.2) is 0 Å². The Labute approximate surface area is 93.6 Å². The Hall–Kier alpha value is 0.250. The number of nitrogens with one attached hydrogen (secondary N) is 1. The molecule has 1 saturated carbocycles. The average molecular weight is 218 g/mol. The fourth-order valence-electron chi connectivity index (χ4n) is 1.97. The first-order valence-electron chi connectivity index (χ1n) is 5.84. The van der Waals surface area contributed by atoms with Crippen LogP contribution in [0.4, 0.5) is 0 Å². The summed E-state index contributed by atoms with van der Waals surface area (Å²) in [7, 11) is 0. The molecule has 84 valence electrons. The van der Waals surface area contributed by atoms with Gasteiger partial charge in [0.05, 0.1) is 0 Å². The smallest absolute Gasteiger partial charge is 0.0376 e. The molecule has 1 nitrogen and oxygen atoms in total. The molecule has 0 radical (unpaired) electrons. The molecule has 0 bridgehead atoms. The molecule has 1 fully saturated rings. The lowest BCUT2D eigenvalue weighted by Gasteiger charge is -2.20. The standard InChI is InChI=1S/C12H24ClN/c1-12(2,3)7-8-14-9-10-5-4-6-11(10)13/h10-11,14H,4-9H2,1-3H3. The Balaban J connectivity index is 2.04. The van der Waals surface area contributed by atoms with Crippen LogP contribution >= 0.6 is 11.6 Å². The summed E-state index contributed by atoms with van der Waals surface area (Å²) in [4.78, 5) is 0. The molecule has 1 N–H and O–H groups in total. The van der Waals surface area contributed by atoms with Crippen molar-refractivity contribution in [3.8, 4) is 0 Å². The summed E-state index contributed by atoms with van der Waals surface area (Å²) >= 11 is 6.21. The van der Waals surface area contributed by atoms with Gasteiger partial charge in [-0.1, -0.05) is 27.2 Å². The molecule has 14 heavy (non-hydrogen) atoms. The minimum atomic E-state index is 0.428. The quantitative estimate of drug-likeness (QED) is 0.562. The second-order valence-corrected chi connectivity index (χ2v) is 6.28. The van der Waals surface area contributed by atoms with E-state index in [9.17, 15) is 0 Å². The Morgan fingerprint density at radius 1 is 1.29 bits per heavy atom. The van der Waals surface area contributed by atoms with Crippen LogP contribution in [0.1, 0.15) is 46.5 Å². The Bertz CT molecular complexity index is 162. The molecule has 0 aromatic rings. The van der Waals surface area contributed by atoms with Gasteiger partial charge in [-0.15, -0.1) is 11.6 Å². The molecular weight excluding hydrogens is 194 g/mol. The predicted molar refractivity (Wildman–Crippen MR) is 63.9 cm³/mol. The third kappa shape index (κ3) is 4.65. The summed E-state index contributed by atoms with van der Waals surface area (Å²) in [5.41, 5.74) is 0.447. The van der Waals surface area contributed by atoms with Gasteiger partial charge in [0.25, 0.3) is 0 Å². The van der Waals surface area contributed by atoms with E-state index >= 15 is 0 Å². The maximum Gasteiger partial charge on any atom is 0.0376 e. The zero-order valence-corrected chi connectivity index (χ0v) is 10.5. The van der Waals surface area contributed by atoms with Crippen LogP contribution in [0.3, 0.4) is 0 Å². The van der Waals surface area contributed by atoms with Crippen molar-refractivity contribution in [2.75, 3.05) is 13.1 Å². The van der Waals surface area contributed by atoms with Crippen molar-refractivity contribution in [1.82, 2.24) is 5.32 Å². The summed E-state index contributed by atoms with van der Waals surface area (Å²) < 4.78 is 0. The Kier molecular flexibility index (Phi) is 4.72. The molecule has 1 aliphatic carbocycles. The van der Waals surface area contributed by atoms with Crippen LogP contribution in [0.5, 0.6) is 0 Å². The third-order valence-corrected chi connectivity index (χ3v) is 3.60. The summed E-state index contributed by atoms with van der Waals surface area (Å²) in [5.74, 6) is 0.719. The van der Waals surface area contributed by atoms with Crippen LogP contribution in [0, 0.1) is 11.3 Å². The highest BCUT2D eigenvalue weighted by atomic mass is 35.5. The zero-order chi connectivity index (χ0) is 10.6. The summed E-state index contributed by atoms with van der Waals surface area (Å²) in [5, 5.41) is 3.96. The lowest BCUT2D eigenvalue weighted by Crippen LogP contribution is -2.28. The van der Waals surface area contributed by atoms with Gasteiger partial charge in [0.1, 0.15) is 0 Å². The molecular formula is C12H24ClN. The molecule has 1 aliphatic rings. The molecule has 0 saturated heterocycles. The van der Waals surface area contributed by atoms with Gasteiger partial charge in [-0.2, -0.15) is 0 Å². The monoisotopic (exact) mass is 217 g/mol. The summed E-state index contributed by atoms with van der Waals surface area (Å²) in [6, 6.07) is 0. The van der Waals surface area contributed by atoms with E-state index in [1.807, 2.05) is 0 Å². The minimum absolute atomic E-state index is 0.428. The third-order valence-electron chi connectivity index (χ3n) is 3.02. The van der Waals surface area contributed by atoms with E-state index in [2.05, 4.69) is 26.1 Å². The van der Waals surface area contributed by atoms with Crippen molar-refractivity contribution < 1.29 is 0 Å². The molecule has 0 spiro atoms. The molecule has 0 heterocycles. The number of alkyl halides is 1. The van der Waals surface area contributed by atoms with E-state index in [0.717, 1.165) is 19.0 Å².